The molecule has 61 radical (unpaired) electrons. The maximum atomic E-state index is 0. The molecule has 0 aliphatic rings. The molecule has 0 saturated heterocycles. The standard InChI is InChI=1S/61Tb. The van der Waals surface area contributed by atoms with Gasteiger partial charge in [0.2, 0.25) is 0 Å². The fraction of sp³-hybridized carbons (Fsp3) is 0. The van der Waals surface area contributed by atoms with E-state index in [0.717, 1.165) is 0 Å². The first-order valence-corrected chi connectivity index (χ1v) is 0. The second-order valence-electron chi connectivity index (χ2n) is 0. The van der Waals surface area contributed by atoms with Gasteiger partial charge in [-0.25, -0.2) is 0 Å². The van der Waals surface area contributed by atoms with Crippen LogP contribution >= 0.6 is 0 Å². The molecule has 0 nitrogen and oxygen atoms in total. The molecule has 0 aliphatic carbocycles. The first-order chi connectivity index (χ1) is 0. The summed E-state index contributed by atoms with van der Waals surface area (Å²) in [6, 6.07) is 0. The van der Waals surface area contributed by atoms with Crippen LogP contribution in [0.5, 0.6) is 0 Å². The Morgan fingerprint density at radius 2 is 0.0164 bits per heavy atom. The van der Waals surface area contributed by atoms with Crippen LogP contribution in [0.25, 0.3) is 0 Å². The average molecular weight is 9690 g/mol. The Balaban J connectivity index is 0. The molecule has 0 aliphatic heterocycles. The minimum absolute atomic E-state index is 0. The Labute approximate surface area is 2250 Å². The van der Waals surface area contributed by atoms with Gasteiger partial charge in [0, 0.05) is 2360 Å². The zero-order valence-corrected chi connectivity index (χ0v) is 151. The summed E-state index contributed by atoms with van der Waals surface area (Å²) < 4.78 is 0. The second kappa shape index (κ2) is 425. The third-order valence-corrected chi connectivity index (χ3v) is 0. The Bertz CT molecular complexity index is 0. The van der Waals surface area contributed by atoms with Crippen molar-refractivity contribution in [2.24, 2.45) is 0 Å². The van der Waals surface area contributed by atoms with Gasteiger partial charge in [-0.3, -0.25) is 0 Å². The van der Waals surface area contributed by atoms with Gasteiger partial charge >= 0.3 is 0 Å². The Hall–Kier alpha value is 78.4. The van der Waals surface area contributed by atoms with Gasteiger partial charge in [-0.15, -0.1) is 0 Å². The van der Waals surface area contributed by atoms with E-state index in [-0.39, 0.29) is 2360 Å². The molecular weight excluding hydrogens is 9690 g/mol. The van der Waals surface area contributed by atoms with Gasteiger partial charge in [-0.05, 0) is 0 Å². The zero-order chi connectivity index (χ0) is 0. The molecule has 0 aromatic heterocycles. The summed E-state index contributed by atoms with van der Waals surface area (Å²) in [6.45, 7) is 0. The van der Waals surface area contributed by atoms with E-state index >= 15 is 0 Å². The van der Waals surface area contributed by atoms with Crippen molar-refractivity contribution in [1.82, 2.24) is 0 Å². The first kappa shape index (κ1) is 434. The minimum Gasteiger partial charge on any atom is 0 e. The predicted octanol–water partition coefficient (Wildman–Crippen LogP) is 0. The van der Waals surface area contributed by atoms with Crippen molar-refractivity contribution in [2.45, 2.75) is 0 Å². The predicted molar refractivity (Wildman–Crippen MR) is 0 cm³/mol. The van der Waals surface area contributed by atoms with E-state index in [0.29, 0.717) is 0 Å². The van der Waals surface area contributed by atoms with Crippen LogP contribution in [0, 0.1) is 2360 Å². The van der Waals surface area contributed by atoms with Gasteiger partial charge < -0.3 is 0 Å². The van der Waals surface area contributed by atoms with E-state index in [1.807, 2.05) is 0 Å². The summed E-state index contributed by atoms with van der Waals surface area (Å²) in [4.78, 5) is 0. The number of rotatable bonds is 0. The summed E-state index contributed by atoms with van der Waals surface area (Å²) in [6.07, 6.45) is 0. The molecule has 0 amide bonds. The van der Waals surface area contributed by atoms with Gasteiger partial charge in [0.1, 0.15) is 0 Å². The molecular formula is Tb61. The van der Waals surface area contributed by atoms with E-state index in [2.05, 4.69) is 0 Å². The molecule has 0 unspecified atom stereocenters. The van der Waals surface area contributed by atoms with E-state index in [1.165, 1.54) is 0 Å². The van der Waals surface area contributed by atoms with E-state index in [4.69, 9.17) is 0 Å². The molecule has 0 spiro atoms. The Kier molecular flexibility index (Phi) is 3030. The Morgan fingerprint density at radius 3 is 0.0164 bits per heavy atom. The van der Waals surface area contributed by atoms with Crippen LogP contribution in [0.1, 0.15) is 0 Å². The molecule has 0 aromatic rings. The molecule has 0 fully saturated rings. The summed E-state index contributed by atoms with van der Waals surface area (Å²) in [5, 5.41) is 0. The molecule has 0 saturated carbocycles. The second-order valence-corrected chi connectivity index (χ2v) is 0. The van der Waals surface area contributed by atoms with E-state index < -0.39 is 0 Å². The van der Waals surface area contributed by atoms with Crippen LogP contribution in [0.3, 0.4) is 0 Å². The molecule has 0 aromatic carbocycles. The third kappa shape index (κ3) is 419. The zero-order valence-electron chi connectivity index (χ0n) is 20.3. The minimum atomic E-state index is 0. The quantitative estimate of drug-likeness (QED) is 0.321. The fourth-order valence-electron chi connectivity index (χ4n) is 0. The normalized spacial score (nSPS) is 0. The number of hydrogen-bond acceptors (Lipinski definition) is 0. The van der Waals surface area contributed by atoms with Crippen LogP contribution < -0.4 is 0 Å². The van der Waals surface area contributed by atoms with Crippen LogP contribution in [0.15, 0.2) is 0 Å². The molecule has 0 heterocycles. The van der Waals surface area contributed by atoms with E-state index in [9.17, 15) is 0 Å². The van der Waals surface area contributed by atoms with Gasteiger partial charge in [-0.1, -0.05) is 0 Å². The largest absolute Gasteiger partial charge is 0 e. The first-order valence-electron chi connectivity index (χ1n) is 0. The molecule has 0 atom stereocenters. The van der Waals surface area contributed by atoms with Crippen LogP contribution in [-0.2, 0) is 0 Å². The molecule has 61 heteroatoms. The summed E-state index contributed by atoms with van der Waals surface area (Å²) in [5.41, 5.74) is 0. The smallest absolute Gasteiger partial charge is 0 e. The molecule has 0 bridgehead atoms. The van der Waals surface area contributed by atoms with Crippen molar-refractivity contribution in [3.8, 4) is 0 Å². The van der Waals surface area contributed by atoms with Crippen LogP contribution in [0.2, 0.25) is 0 Å². The third-order valence-electron chi connectivity index (χ3n) is 0. The SMILES string of the molecule is [Tb].[Tb].[Tb].[Tb].[Tb].[Tb].[Tb].[Tb].[Tb].[Tb].[Tb].[Tb].[Tb].[Tb].[Tb].[Tb].[Tb].[Tb].[Tb].[Tb].[Tb].[Tb].[Tb].[Tb].[Tb].[Tb].[Tb].[Tb].[Tb].[Tb].[Tb].[Tb].[Tb].[Tb].[Tb].[Tb].[Tb].[Tb].[Tb].[Tb].[Tb].[Tb].[Tb].[Tb].[Tb].[Tb].[Tb].[Tb].[Tb].[Tb].[Tb].[Tb].[Tb].[Tb].[Tb].[Tb].[Tb].[Tb].[Tb].[Tb].[Tb]. The fourth-order valence-corrected chi connectivity index (χ4v) is 0. The molecule has 549 valence electrons. The van der Waals surface area contributed by atoms with Crippen molar-refractivity contribution in [2.75, 3.05) is 0 Å². The van der Waals surface area contributed by atoms with Gasteiger partial charge in [-0.2, -0.15) is 0 Å². The monoisotopic (exact) mass is 9690 g/mol. The number of hydrogen-bond donors (Lipinski definition) is 0. The van der Waals surface area contributed by atoms with Crippen molar-refractivity contribution in [1.29, 1.82) is 0 Å². The van der Waals surface area contributed by atoms with Gasteiger partial charge in [0.25, 0.3) is 0 Å². The van der Waals surface area contributed by atoms with Crippen molar-refractivity contribution >= 4 is 0 Å². The molecule has 61 heavy (non-hydrogen) atoms. The summed E-state index contributed by atoms with van der Waals surface area (Å²) in [7, 11) is 0. The van der Waals surface area contributed by atoms with Crippen molar-refractivity contribution in [3.05, 3.63) is 0 Å². The van der Waals surface area contributed by atoms with E-state index in [1.54, 1.807) is 0 Å². The van der Waals surface area contributed by atoms with Crippen LogP contribution in [-0.4, -0.2) is 0 Å². The Morgan fingerprint density at radius 1 is 0.0164 bits per heavy atom. The van der Waals surface area contributed by atoms with Gasteiger partial charge in [0.05, 0.1) is 0 Å². The molecule has 0 rings (SSSR count). The van der Waals surface area contributed by atoms with Crippen molar-refractivity contribution in [3.63, 3.8) is 0 Å². The maximum absolute atomic E-state index is 0. The van der Waals surface area contributed by atoms with Gasteiger partial charge in [0.15, 0.2) is 0 Å². The average Bonchev–Trinajstić information content (AvgIpc) is 0. The topological polar surface area (TPSA) is 0 Å². The maximum Gasteiger partial charge on any atom is 0 e. The molecule has 0 N–H and O–H groups in total. The summed E-state index contributed by atoms with van der Waals surface area (Å²) >= 11 is 0. The summed E-state index contributed by atoms with van der Waals surface area (Å²) in [5.74, 6) is 0. The van der Waals surface area contributed by atoms with Crippen molar-refractivity contribution < 1.29 is 2360 Å². The van der Waals surface area contributed by atoms with Crippen LogP contribution in [0.4, 0.5) is 0 Å².